The van der Waals surface area contributed by atoms with Crippen LogP contribution in [0.4, 0.5) is 11.4 Å². The maximum atomic E-state index is 12.4. The fourth-order valence-corrected chi connectivity index (χ4v) is 4.26. The number of carbonyl (C=O) groups excluding carboxylic acids is 1. The van der Waals surface area contributed by atoms with E-state index in [0.29, 0.717) is 29.4 Å². The molecule has 2 aromatic carbocycles. The molecular weight excluding hydrogens is 469 g/mol. The third-order valence-electron chi connectivity index (χ3n) is 5.59. The first-order valence-corrected chi connectivity index (χ1v) is 12.6. The number of likely N-dealkylation sites (tertiary alicyclic amines) is 1. The van der Waals surface area contributed by atoms with Gasteiger partial charge in [-0.05, 0) is 88.2 Å². The number of aliphatic imine (C=N–C) groups is 1. The highest BCUT2D eigenvalue weighted by Gasteiger charge is 2.15. The van der Waals surface area contributed by atoms with E-state index in [1.54, 1.807) is 12.1 Å². The molecule has 0 radical (unpaired) electrons. The Kier molecular flexibility index (Phi) is 9.77. The monoisotopic (exact) mass is 503 g/mol. The molecule has 0 unspecified atom stereocenters. The molecule has 0 spiro atoms. The summed E-state index contributed by atoms with van der Waals surface area (Å²) in [6, 6.07) is 13.0. The van der Waals surface area contributed by atoms with Crippen LogP contribution in [0.2, 0.25) is 10.0 Å². The van der Waals surface area contributed by atoms with Gasteiger partial charge in [-0.15, -0.1) is 0 Å². The number of amidine groups is 1. The first kappa shape index (κ1) is 26.5. The number of anilines is 2. The zero-order valence-corrected chi connectivity index (χ0v) is 21.6. The van der Waals surface area contributed by atoms with Crippen molar-refractivity contribution in [2.45, 2.75) is 51.5 Å². The third-order valence-corrected chi connectivity index (χ3v) is 6.18. The highest BCUT2D eigenvalue weighted by molar-refractivity contribution is 6.35. The van der Waals surface area contributed by atoms with Crippen LogP contribution in [0.25, 0.3) is 0 Å². The van der Waals surface area contributed by atoms with E-state index in [1.165, 1.54) is 19.3 Å². The van der Waals surface area contributed by atoms with Crippen molar-refractivity contribution < 1.29 is 4.79 Å². The summed E-state index contributed by atoms with van der Waals surface area (Å²) >= 11 is 12.1. The number of halogens is 2. The van der Waals surface area contributed by atoms with Crippen LogP contribution in [-0.2, 0) is 11.2 Å². The van der Waals surface area contributed by atoms with Crippen LogP contribution in [0, 0.1) is 0 Å². The number of nitrogens with zero attached hydrogens (tertiary/aromatic N) is 2. The number of piperidine rings is 1. The number of carbonyl (C=O) groups is 1. The topological polar surface area (TPSA) is 82.8 Å². The van der Waals surface area contributed by atoms with E-state index in [2.05, 4.69) is 15.5 Å². The van der Waals surface area contributed by atoms with Gasteiger partial charge in [0.2, 0.25) is 5.91 Å². The first-order chi connectivity index (χ1) is 16.2. The van der Waals surface area contributed by atoms with Crippen molar-refractivity contribution in [3.8, 4) is 0 Å². The standard InChI is InChI=1S/C26H35Cl2N5O/c1-26(2,29)18-30-24(17-33-14-4-3-5-15-33)31-21-9-11-22(12-10-21)32-25(34)13-7-19-6-8-20(27)16-23(19)28/h6,8-12,16H,3-5,7,13-15,17-18,29H2,1-2H3,(H,30,31)(H,32,34). The molecule has 0 atom stereocenters. The van der Waals surface area contributed by atoms with Crippen LogP contribution in [0.1, 0.15) is 45.1 Å². The van der Waals surface area contributed by atoms with Gasteiger partial charge in [0.25, 0.3) is 0 Å². The number of hydrogen-bond donors (Lipinski definition) is 3. The maximum Gasteiger partial charge on any atom is 0.224 e. The molecule has 1 fully saturated rings. The Balaban J connectivity index is 1.55. The van der Waals surface area contributed by atoms with E-state index in [4.69, 9.17) is 33.9 Å². The number of hydrogen-bond acceptors (Lipinski definition) is 4. The van der Waals surface area contributed by atoms with E-state index in [9.17, 15) is 4.79 Å². The summed E-state index contributed by atoms with van der Waals surface area (Å²) in [6.45, 7) is 7.48. The van der Waals surface area contributed by atoms with Crippen molar-refractivity contribution in [1.82, 2.24) is 4.90 Å². The molecule has 1 amide bonds. The van der Waals surface area contributed by atoms with Crippen LogP contribution < -0.4 is 16.4 Å². The van der Waals surface area contributed by atoms with Crippen molar-refractivity contribution in [2.75, 3.05) is 36.8 Å². The minimum Gasteiger partial charge on any atom is -0.343 e. The summed E-state index contributed by atoms with van der Waals surface area (Å²) in [7, 11) is 0. The van der Waals surface area contributed by atoms with Crippen molar-refractivity contribution in [3.63, 3.8) is 0 Å². The lowest BCUT2D eigenvalue weighted by atomic mass is 10.1. The van der Waals surface area contributed by atoms with Crippen LogP contribution >= 0.6 is 23.2 Å². The van der Waals surface area contributed by atoms with Gasteiger partial charge in [0.05, 0.1) is 13.1 Å². The fourth-order valence-electron chi connectivity index (χ4n) is 3.76. The Bertz CT molecular complexity index is 980. The van der Waals surface area contributed by atoms with Gasteiger partial charge in [0, 0.05) is 33.4 Å². The second-order valence-corrected chi connectivity index (χ2v) is 10.4. The Morgan fingerprint density at radius 1 is 1.03 bits per heavy atom. The first-order valence-electron chi connectivity index (χ1n) is 11.8. The fraction of sp³-hybridized carbons (Fsp3) is 0.462. The Morgan fingerprint density at radius 2 is 1.68 bits per heavy atom. The lowest BCUT2D eigenvalue weighted by Crippen LogP contribution is -2.39. The van der Waals surface area contributed by atoms with Crippen LogP contribution in [0.5, 0.6) is 0 Å². The lowest BCUT2D eigenvalue weighted by molar-refractivity contribution is -0.116. The van der Waals surface area contributed by atoms with Crippen molar-refractivity contribution in [3.05, 3.63) is 58.1 Å². The summed E-state index contributed by atoms with van der Waals surface area (Å²) in [4.78, 5) is 19.6. The minimum absolute atomic E-state index is 0.0655. The van der Waals surface area contributed by atoms with Crippen molar-refractivity contribution >= 4 is 46.3 Å². The predicted molar refractivity (Wildman–Crippen MR) is 144 cm³/mol. The Hall–Kier alpha value is -2.12. The van der Waals surface area contributed by atoms with Crippen molar-refractivity contribution in [2.24, 2.45) is 10.7 Å². The highest BCUT2D eigenvalue weighted by atomic mass is 35.5. The molecule has 1 saturated heterocycles. The largest absolute Gasteiger partial charge is 0.343 e. The Labute approximate surface area is 212 Å². The quantitative estimate of drug-likeness (QED) is 0.307. The summed E-state index contributed by atoms with van der Waals surface area (Å²) in [6.07, 6.45) is 4.65. The number of nitrogens with one attached hydrogen (secondary N) is 2. The lowest BCUT2D eigenvalue weighted by Gasteiger charge is -2.27. The smallest absolute Gasteiger partial charge is 0.224 e. The van der Waals surface area contributed by atoms with Crippen LogP contribution in [-0.4, -0.2) is 48.4 Å². The molecule has 184 valence electrons. The van der Waals surface area contributed by atoms with Crippen LogP contribution in [0.3, 0.4) is 0 Å². The maximum absolute atomic E-state index is 12.4. The molecule has 1 aliphatic rings. The summed E-state index contributed by atoms with van der Waals surface area (Å²) in [5.41, 5.74) is 8.37. The van der Waals surface area contributed by atoms with Crippen molar-refractivity contribution in [1.29, 1.82) is 0 Å². The molecule has 1 aliphatic heterocycles. The normalized spacial score (nSPS) is 15.3. The van der Waals surface area contributed by atoms with Gasteiger partial charge >= 0.3 is 0 Å². The predicted octanol–water partition coefficient (Wildman–Crippen LogP) is 5.60. The molecule has 1 heterocycles. The van der Waals surface area contributed by atoms with Gasteiger partial charge in [-0.2, -0.15) is 0 Å². The van der Waals surface area contributed by atoms with Crippen LogP contribution in [0.15, 0.2) is 47.5 Å². The second kappa shape index (κ2) is 12.5. The summed E-state index contributed by atoms with van der Waals surface area (Å²) in [5.74, 6) is 0.848. The average molecular weight is 505 g/mol. The van der Waals surface area contributed by atoms with Gasteiger partial charge in [0.1, 0.15) is 5.84 Å². The van der Waals surface area contributed by atoms with Gasteiger partial charge in [-0.1, -0.05) is 35.7 Å². The number of nitrogens with two attached hydrogens (primary N) is 1. The molecule has 0 bridgehead atoms. The third kappa shape index (κ3) is 9.26. The average Bonchev–Trinajstić information content (AvgIpc) is 2.78. The van der Waals surface area contributed by atoms with E-state index < -0.39 is 0 Å². The molecule has 6 nitrogen and oxygen atoms in total. The van der Waals surface area contributed by atoms with Gasteiger partial charge in [0.15, 0.2) is 0 Å². The van der Waals surface area contributed by atoms with E-state index in [0.717, 1.165) is 42.4 Å². The number of aryl methyl sites for hydroxylation is 1. The molecule has 0 saturated carbocycles. The van der Waals surface area contributed by atoms with E-state index >= 15 is 0 Å². The molecule has 8 heteroatoms. The molecule has 2 aromatic rings. The molecule has 4 N–H and O–H groups in total. The number of benzene rings is 2. The highest BCUT2D eigenvalue weighted by Crippen LogP contribution is 2.22. The number of amides is 1. The van der Waals surface area contributed by atoms with Gasteiger partial charge < -0.3 is 16.4 Å². The molecule has 3 rings (SSSR count). The minimum atomic E-state index is -0.362. The summed E-state index contributed by atoms with van der Waals surface area (Å²) in [5, 5.41) is 7.56. The molecule has 0 aliphatic carbocycles. The van der Waals surface area contributed by atoms with Gasteiger partial charge in [-0.25, -0.2) is 0 Å². The van der Waals surface area contributed by atoms with Gasteiger partial charge in [-0.3, -0.25) is 14.7 Å². The zero-order chi connectivity index (χ0) is 24.6. The SMILES string of the molecule is CC(C)(N)CN=C(CN1CCCCC1)Nc1ccc(NC(=O)CCc2ccc(Cl)cc2Cl)cc1. The summed E-state index contributed by atoms with van der Waals surface area (Å²) < 4.78 is 0. The molecule has 0 aromatic heterocycles. The Morgan fingerprint density at radius 3 is 2.29 bits per heavy atom. The van der Waals surface area contributed by atoms with E-state index in [1.807, 2.05) is 44.2 Å². The molecule has 34 heavy (non-hydrogen) atoms. The van der Waals surface area contributed by atoms with E-state index in [-0.39, 0.29) is 11.4 Å². The zero-order valence-electron chi connectivity index (χ0n) is 20.0. The molecular formula is C26H35Cl2N5O. The second-order valence-electron chi connectivity index (χ2n) is 9.57. The number of rotatable bonds is 9.